The molecule has 1 aromatic carbocycles. The molecule has 0 spiro atoms. The van der Waals surface area contributed by atoms with Gasteiger partial charge in [-0.05, 0) is 59.6 Å². The Hall–Kier alpha value is -1.30. The van der Waals surface area contributed by atoms with Crippen LogP contribution in [0.1, 0.15) is 19.8 Å². The molecule has 0 aliphatic rings. The van der Waals surface area contributed by atoms with Crippen molar-refractivity contribution in [2.24, 2.45) is 0 Å². The van der Waals surface area contributed by atoms with Gasteiger partial charge < -0.3 is 4.74 Å². The average Bonchev–Trinajstić information content (AvgIpc) is 2.55. The Balaban J connectivity index is 1.84. The number of aromatic nitrogens is 1. The number of amides is 1. The fraction of sp³-hybridized carbons (Fsp3) is 0.294. The predicted octanol–water partition coefficient (Wildman–Crippen LogP) is 5.36. The van der Waals surface area contributed by atoms with E-state index in [0.717, 1.165) is 4.47 Å². The van der Waals surface area contributed by atoms with Gasteiger partial charge in [-0.25, -0.2) is 4.98 Å². The quantitative estimate of drug-likeness (QED) is 0.554. The van der Waals surface area contributed by atoms with Crippen molar-refractivity contribution in [1.29, 1.82) is 0 Å². The number of benzene rings is 1. The van der Waals surface area contributed by atoms with E-state index in [-0.39, 0.29) is 5.91 Å². The van der Waals surface area contributed by atoms with E-state index in [9.17, 15) is 4.79 Å². The molecule has 0 aliphatic heterocycles. The number of nitrogens with zero attached hydrogens (tertiary/aromatic N) is 2. The fourth-order valence-corrected chi connectivity index (χ4v) is 2.82. The van der Waals surface area contributed by atoms with Crippen molar-refractivity contribution < 1.29 is 9.53 Å². The highest BCUT2D eigenvalue weighted by Gasteiger charge is 2.14. The van der Waals surface area contributed by atoms with Crippen LogP contribution in [0.15, 0.2) is 41.0 Å². The minimum absolute atomic E-state index is 0.0122. The summed E-state index contributed by atoms with van der Waals surface area (Å²) in [6.45, 7) is 2.89. The van der Waals surface area contributed by atoms with Crippen LogP contribution in [-0.4, -0.2) is 24.0 Å². The molecule has 4 nitrogen and oxygen atoms in total. The molecule has 0 saturated carbocycles. The van der Waals surface area contributed by atoms with Crippen LogP contribution in [0.25, 0.3) is 0 Å². The van der Waals surface area contributed by atoms with E-state index in [1.165, 1.54) is 0 Å². The lowest BCUT2D eigenvalue weighted by Crippen LogP contribution is -2.31. The van der Waals surface area contributed by atoms with E-state index in [1.54, 1.807) is 29.3 Å². The lowest BCUT2D eigenvalue weighted by molar-refractivity contribution is -0.118. The molecule has 0 aliphatic carbocycles. The molecule has 0 saturated heterocycles. The zero-order chi connectivity index (χ0) is 17.5. The van der Waals surface area contributed by atoms with Crippen LogP contribution in [0.4, 0.5) is 5.82 Å². The van der Waals surface area contributed by atoms with E-state index < -0.39 is 0 Å². The summed E-state index contributed by atoms with van der Waals surface area (Å²) in [5.74, 6) is 1.22. The lowest BCUT2D eigenvalue weighted by Gasteiger charge is -2.20. The van der Waals surface area contributed by atoms with Gasteiger partial charge in [0, 0.05) is 28.7 Å². The molecule has 2 aromatic rings. The third kappa shape index (κ3) is 5.36. The summed E-state index contributed by atoms with van der Waals surface area (Å²) in [6.07, 6.45) is 2.64. The van der Waals surface area contributed by atoms with Crippen molar-refractivity contribution in [3.8, 4) is 5.75 Å². The number of carbonyl (C=O) groups excluding carboxylic acids is 1. The highest BCUT2D eigenvalue weighted by molar-refractivity contribution is 9.10. The maximum Gasteiger partial charge on any atom is 0.228 e. The molecule has 24 heavy (non-hydrogen) atoms. The van der Waals surface area contributed by atoms with Gasteiger partial charge in [0.05, 0.1) is 11.6 Å². The Labute approximate surface area is 159 Å². The Morgan fingerprint density at radius 1 is 1.29 bits per heavy atom. The van der Waals surface area contributed by atoms with Crippen LogP contribution in [0.5, 0.6) is 5.75 Å². The predicted molar refractivity (Wildman–Crippen MR) is 101 cm³/mol. The number of rotatable bonds is 7. The zero-order valence-corrected chi connectivity index (χ0v) is 16.2. The van der Waals surface area contributed by atoms with Gasteiger partial charge in [0.1, 0.15) is 11.6 Å². The summed E-state index contributed by atoms with van der Waals surface area (Å²) < 4.78 is 6.47. The molecule has 0 unspecified atom stereocenters. The maximum atomic E-state index is 12.4. The van der Waals surface area contributed by atoms with E-state index in [0.29, 0.717) is 47.6 Å². The molecule has 1 amide bonds. The molecule has 0 fully saturated rings. The summed E-state index contributed by atoms with van der Waals surface area (Å²) in [5.41, 5.74) is 0. The number of halogens is 3. The second-order valence-electron chi connectivity index (χ2n) is 5.00. The van der Waals surface area contributed by atoms with Gasteiger partial charge in [0.2, 0.25) is 5.91 Å². The van der Waals surface area contributed by atoms with Gasteiger partial charge in [-0.1, -0.05) is 23.2 Å². The third-order valence-electron chi connectivity index (χ3n) is 3.29. The molecule has 1 aromatic heterocycles. The van der Waals surface area contributed by atoms with Crippen LogP contribution in [-0.2, 0) is 4.79 Å². The van der Waals surface area contributed by atoms with Crippen molar-refractivity contribution in [3.63, 3.8) is 0 Å². The van der Waals surface area contributed by atoms with Gasteiger partial charge in [-0.2, -0.15) is 0 Å². The summed E-state index contributed by atoms with van der Waals surface area (Å²) in [5, 5.41) is 1.02. The molecule has 1 heterocycles. The highest BCUT2D eigenvalue weighted by Crippen LogP contribution is 2.27. The zero-order valence-electron chi connectivity index (χ0n) is 13.1. The molecule has 0 N–H and O–H groups in total. The smallest absolute Gasteiger partial charge is 0.228 e. The third-order valence-corrected chi connectivity index (χ3v) is 4.29. The molecular formula is C17H17BrCl2N2O2. The Bertz CT molecular complexity index is 695. The van der Waals surface area contributed by atoms with Crippen LogP contribution in [0, 0.1) is 0 Å². The highest BCUT2D eigenvalue weighted by atomic mass is 79.9. The molecular weight excluding hydrogens is 415 g/mol. The van der Waals surface area contributed by atoms with Crippen molar-refractivity contribution in [1.82, 2.24) is 4.98 Å². The van der Waals surface area contributed by atoms with Crippen molar-refractivity contribution in [2.75, 3.05) is 18.1 Å². The SMILES string of the molecule is CCN(C(=O)CCCOc1ccc(Cl)cc1Cl)c1ccc(Br)cn1. The summed E-state index contributed by atoms with van der Waals surface area (Å²) in [7, 11) is 0. The van der Waals surface area contributed by atoms with E-state index in [2.05, 4.69) is 20.9 Å². The first kappa shape index (κ1) is 19.0. The van der Waals surface area contributed by atoms with Crippen molar-refractivity contribution >= 4 is 50.9 Å². The first-order valence-electron chi connectivity index (χ1n) is 7.51. The number of pyridine rings is 1. The average molecular weight is 432 g/mol. The molecule has 0 atom stereocenters. The minimum atomic E-state index is 0.0122. The van der Waals surface area contributed by atoms with Crippen molar-refractivity contribution in [2.45, 2.75) is 19.8 Å². The summed E-state index contributed by atoms with van der Waals surface area (Å²) in [4.78, 5) is 18.3. The maximum absolute atomic E-state index is 12.4. The Morgan fingerprint density at radius 3 is 2.71 bits per heavy atom. The summed E-state index contributed by atoms with van der Waals surface area (Å²) >= 11 is 15.2. The normalized spacial score (nSPS) is 10.5. The first-order chi connectivity index (χ1) is 11.5. The van der Waals surface area contributed by atoms with Crippen LogP contribution in [0.2, 0.25) is 10.0 Å². The second kappa shape index (κ2) is 9.25. The Kier molecular flexibility index (Phi) is 7.34. The van der Waals surface area contributed by atoms with Gasteiger partial charge >= 0.3 is 0 Å². The monoisotopic (exact) mass is 430 g/mol. The topological polar surface area (TPSA) is 42.4 Å². The van der Waals surface area contributed by atoms with E-state index in [4.69, 9.17) is 27.9 Å². The summed E-state index contributed by atoms with van der Waals surface area (Å²) in [6, 6.07) is 8.74. The van der Waals surface area contributed by atoms with Crippen molar-refractivity contribution in [3.05, 3.63) is 51.0 Å². The van der Waals surface area contributed by atoms with E-state index >= 15 is 0 Å². The molecule has 7 heteroatoms. The lowest BCUT2D eigenvalue weighted by atomic mass is 10.2. The van der Waals surface area contributed by atoms with Crippen LogP contribution in [0.3, 0.4) is 0 Å². The van der Waals surface area contributed by atoms with Gasteiger partial charge in [0.15, 0.2) is 0 Å². The van der Waals surface area contributed by atoms with Crippen LogP contribution < -0.4 is 9.64 Å². The minimum Gasteiger partial charge on any atom is -0.492 e. The standard InChI is InChI=1S/C17H17BrCl2N2O2/c1-2-22(16-8-5-12(18)11-21-16)17(23)4-3-9-24-15-7-6-13(19)10-14(15)20/h5-8,10-11H,2-4,9H2,1H3. The Morgan fingerprint density at radius 2 is 2.08 bits per heavy atom. The second-order valence-corrected chi connectivity index (χ2v) is 6.76. The molecule has 128 valence electrons. The fourth-order valence-electron chi connectivity index (χ4n) is 2.13. The molecule has 2 rings (SSSR count). The van der Waals surface area contributed by atoms with Crippen LogP contribution >= 0.6 is 39.1 Å². The number of hydrogen-bond acceptors (Lipinski definition) is 3. The largest absolute Gasteiger partial charge is 0.492 e. The number of anilines is 1. The van der Waals surface area contributed by atoms with Gasteiger partial charge in [-0.3, -0.25) is 9.69 Å². The van der Waals surface area contributed by atoms with E-state index in [1.807, 2.05) is 19.1 Å². The number of ether oxygens (including phenoxy) is 1. The molecule has 0 bridgehead atoms. The number of hydrogen-bond donors (Lipinski definition) is 0. The van der Waals surface area contributed by atoms with Gasteiger partial charge in [-0.15, -0.1) is 0 Å². The first-order valence-corrected chi connectivity index (χ1v) is 9.06. The number of carbonyl (C=O) groups is 1. The van der Waals surface area contributed by atoms with Gasteiger partial charge in [0.25, 0.3) is 0 Å². The molecule has 0 radical (unpaired) electrons.